The summed E-state index contributed by atoms with van der Waals surface area (Å²) in [6.45, 7) is 0.462. The highest BCUT2D eigenvalue weighted by atomic mass is 16.2. The number of carbonyl (C=O) groups is 2. The Bertz CT molecular complexity index is 1490. The molecule has 5 heterocycles. The van der Waals surface area contributed by atoms with E-state index in [0.29, 0.717) is 23.5 Å². The van der Waals surface area contributed by atoms with Crippen LogP contribution in [0.2, 0.25) is 0 Å². The third-order valence-electron chi connectivity index (χ3n) is 4.87. The van der Waals surface area contributed by atoms with Crippen molar-refractivity contribution in [1.29, 1.82) is 0 Å². The highest BCUT2D eigenvalue weighted by Crippen LogP contribution is 2.11. The van der Waals surface area contributed by atoms with Crippen molar-refractivity contribution in [2.24, 2.45) is 0 Å². The maximum absolute atomic E-state index is 12.2. The van der Waals surface area contributed by atoms with Crippen molar-refractivity contribution < 1.29 is 9.59 Å². The minimum Gasteiger partial charge on any atom is -0.311 e. The fraction of sp³-hybridized carbons (Fsp3) is 0.143. The molecule has 0 aliphatic heterocycles. The predicted molar refractivity (Wildman–Crippen MR) is 120 cm³/mol. The summed E-state index contributed by atoms with van der Waals surface area (Å²) in [7, 11) is 0. The number of aromatic amines is 2. The lowest BCUT2D eigenvalue weighted by molar-refractivity contribution is -0.121. The Morgan fingerprint density at radius 1 is 0.909 bits per heavy atom. The fourth-order valence-corrected chi connectivity index (χ4v) is 3.37. The van der Waals surface area contributed by atoms with E-state index >= 15 is 0 Å². The van der Waals surface area contributed by atoms with E-state index in [9.17, 15) is 14.4 Å². The Morgan fingerprint density at radius 3 is 2.55 bits per heavy atom. The normalized spacial score (nSPS) is 11.2. The van der Waals surface area contributed by atoms with Gasteiger partial charge >= 0.3 is 5.69 Å². The Hall–Kier alpha value is -4.74. The molecule has 5 aromatic rings. The zero-order valence-corrected chi connectivity index (χ0v) is 17.3. The van der Waals surface area contributed by atoms with E-state index in [-0.39, 0.29) is 36.2 Å². The summed E-state index contributed by atoms with van der Waals surface area (Å²) in [6, 6.07) is 10.7. The number of fused-ring (bicyclic) bond motifs is 2. The van der Waals surface area contributed by atoms with Gasteiger partial charge in [-0.1, -0.05) is 6.07 Å². The lowest BCUT2D eigenvalue weighted by atomic mass is 10.2. The van der Waals surface area contributed by atoms with Crippen molar-refractivity contribution >= 4 is 40.3 Å². The number of hydrogen-bond donors (Lipinski definition) is 4. The molecule has 0 saturated carbocycles. The molecule has 0 saturated heterocycles. The van der Waals surface area contributed by atoms with Crippen LogP contribution in [0.3, 0.4) is 0 Å². The summed E-state index contributed by atoms with van der Waals surface area (Å²) in [4.78, 5) is 49.4. The molecule has 0 aliphatic carbocycles. The topological polar surface area (TPSA) is 155 Å². The van der Waals surface area contributed by atoms with Gasteiger partial charge in [0.1, 0.15) is 11.5 Å². The highest BCUT2D eigenvalue weighted by molar-refractivity contribution is 5.96. The van der Waals surface area contributed by atoms with Gasteiger partial charge in [-0.15, -0.1) is 0 Å². The molecular weight excluding hydrogens is 426 g/mol. The van der Waals surface area contributed by atoms with Gasteiger partial charge in [-0.3, -0.25) is 19.3 Å². The zero-order valence-electron chi connectivity index (χ0n) is 17.3. The van der Waals surface area contributed by atoms with Crippen LogP contribution >= 0.6 is 0 Å². The smallest absolute Gasteiger partial charge is 0.311 e. The standard InChI is InChI=1S/C21H19N9O3/c31-18(24-15-5-4-14-20(26-15)27-21(33)23-14)6-7-19(32)25-16-8-10-30(28-16)12-13-11-29-9-2-1-3-17(29)22-13/h1-5,8-11H,6-7,12H2,(H,25,28,32)(H3,23,24,26,27,31,33). The fourth-order valence-electron chi connectivity index (χ4n) is 3.37. The predicted octanol–water partition coefficient (Wildman–Crippen LogP) is 1.50. The second kappa shape index (κ2) is 8.42. The van der Waals surface area contributed by atoms with Crippen molar-refractivity contribution in [1.82, 2.24) is 34.1 Å². The van der Waals surface area contributed by atoms with Crippen molar-refractivity contribution in [2.45, 2.75) is 19.4 Å². The van der Waals surface area contributed by atoms with Gasteiger partial charge in [-0.2, -0.15) is 5.10 Å². The van der Waals surface area contributed by atoms with E-state index in [1.165, 1.54) is 0 Å². The monoisotopic (exact) mass is 445 g/mol. The van der Waals surface area contributed by atoms with Gasteiger partial charge in [0.05, 0.1) is 17.8 Å². The van der Waals surface area contributed by atoms with Crippen LogP contribution in [-0.2, 0) is 16.1 Å². The van der Waals surface area contributed by atoms with Crippen LogP contribution in [-0.4, -0.2) is 45.9 Å². The van der Waals surface area contributed by atoms with Crippen molar-refractivity contribution in [2.75, 3.05) is 10.6 Å². The quantitative estimate of drug-likeness (QED) is 0.298. The van der Waals surface area contributed by atoms with Gasteiger partial charge in [0.2, 0.25) is 11.8 Å². The molecule has 0 spiro atoms. The molecular formula is C21H19N9O3. The molecule has 2 amide bonds. The molecule has 0 unspecified atom stereocenters. The maximum Gasteiger partial charge on any atom is 0.325 e. The molecule has 166 valence electrons. The molecule has 0 radical (unpaired) electrons. The SMILES string of the molecule is O=C(CCC(=O)Nc1ccn(Cc2cn3ccccc3n2)n1)Nc1ccc2[nH]c(=O)[nH]c2n1. The lowest BCUT2D eigenvalue weighted by Gasteiger charge is -2.05. The summed E-state index contributed by atoms with van der Waals surface area (Å²) in [5.41, 5.74) is 2.20. The first-order valence-electron chi connectivity index (χ1n) is 10.2. The van der Waals surface area contributed by atoms with E-state index in [0.717, 1.165) is 11.3 Å². The van der Waals surface area contributed by atoms with E-state index in [1.807, 2.05) is 35.0 Å². The number of H-pyrrole nitrogens is 2. The first kappa shape index (κ1) is 20.2. The van der Waals surface area contributed by atoms with Crippen molar-refractivity contribution in [3.05, 3.63) is 71.2 Å². The van der Waals surface area contributed by atoms with Gasteiger partial charge < -0.3 is 20.0 Å². The van der Waals surface area contributed by atoms with Crippen LogP contribution < -0.4 is 16.3 Å². The second-order valence-corrected chi connectivity index (χ2v) is 7.37. The maximum atomic E-state index is 12.2. The number of pyridine rings is 2. The minimum absolute atomic E-state index is 0.0195. The van der Waals surface area contributed by atoms with Crippen LogP contribution in [0.25, 0.3) is 16.8 Å². The lowest BCUT2D eigenvalue weighted by Crippen LogP contribution is -2.18. The van der Waals surface area contributed by atoms with Crippen LogP contribution in [0, 0.1) is 0 Å². The molecule has 12 heteroatoms. The number of imidazole rings is 2. The van der Waals surface area contributed by atoms with E-state index < -0.39 is 0 Å². The largest absolute Gasteiger partial charge is 0.325 e. The number of rotatable bonds is 7. The molecule has 33 heavy (non-hydrogen) atoms. The van der Waals surface area contributed by atoms with Crippen LogP contribution in [0.15, 0.2) is 59.8 Å². The molecule has 12 nitrogen and oxygen atoms in total. The second-order valence-electron chi connectivity index (χ2n) is 7.37. The summed E-state index contributed by atoms with van der Waals surface area (Å²) in [5.74, 6) is -0.0182. The van der Waals surface area contributed by atoms with Gasteiger partial charge in [0, 0.05) is 37.5 Å². The first-order chi connectivity index (χ1) is 16.0. The molecule has 0 atom stereocenters. The van der Waals surface area contributed by atoms with Crippen molar-refractivity contribution in [3.63, 3.8) is 0 Å². The Morgan fingerprint density at radius 2 is 1.73 bits per heavy atom. The molecule has 0 aromatic carbocycles. The van der Waals surface area contributed by atoms with Crippen LogP contribution in [0.5, 0.6) is 0 Å². The Labute approximate surface area is 185 Å². The minimum atomic E-state index is -0.376. The number of nitrogens with zero attached hydrogens (tertiary/aromatic N) is 5. The number of anilines is 2. The first-order valence-corrected chi connectivity index (χ1v) is 10.2. The molecule has 0 bridgehead atoms. The van der Waals surface area contributed by atoms with Gasteiger partial charge in [0.25, 0.3) is 0 Å². The van der Waals surface area contributed by atoms with Gasteiger partial charge in [0.15, 0.2) is 11.5 Å². The number of hydrogen-bond acceptors (Lipinski definition) is 6. The van der Waals surface area contributed by atoms with Crippen LogP contribution in [0.4, 0.5) is 11.6 Å². The summed E-state index contributed by atoms with van der Waals surface area (Å²) in [5, 5.41) is 9.63. The molecule has 0 fully saturated rings. The average molecular weight is 445 g/mol. The molecule has 5 aromatic heterocycles. The zero-order chi connectivity index (χ0) is 22.8. The van der Waals surface area contributed by atoms with Gasteiger partial charge in [-0.05, 0) is 24.3 Å². The van der Waals surface area contributed by atoms with E-state index in [2.05, 4.69) is 35.7 Å². The van der Waals surface area contributed by atoms with Crippen LogP contribution in [0.1, 0.15) is 18.5 Å². The summed E-state index contributed by atoms with van der Waals surface area (Å²) in [6.07, 6.45) is 5.55. The highest BCUT2D eigenvalue weighted by Gasteiger charge is 2.11. The number of nitrogens with one attached hydrogen (secondary N) is 4. The van der Waals surface area contributed by atoms with E-state index in [1.54, 1.807) is 29.1 Å². The van der Waals surface area contributed by atoms with Crippen molar-refractivity contribution in [3.8, 4) is 0 Å². The average Bonchev–Trinajstić information content (AvgIpc) is 3.49. The third-order valence-corrected chi connectivity index (χ3v) is 4.87. The van der Waals surface area contributed by atoms with E-state index in [4.69, 9.17) is 0 Å². The number of carbonyl (C=O) groups excluding carboxylic acids is 2. The Kier molecular flexibility index (Phi) is 5.15. The Balaban J connectivity index is 1.12. The third kappa shape index (κ3) is 4.63. The summed E-state index contributed by atoms with van der Waals surface area (Å²) < 4.78 is 3.61. The number of aromatic nitrogens is 7. The molecule has 4 N–H and O–H groups in total. The molecule has 0 aliphatic rings. The molecule has 5 rings (SSSR count). The van der Waals surface area contributed by atoms with Gasteiger partial charge in [-0.25, -0.2) is 14.8 Å². The summed E-state index contributed by atoms with van der Waals surface area (Å²) >= 11 is 0. The number of amides is 2.